The van der Waals surface area contributed by atoms with E-state index < -0.39 is 0 Å². The highest BCUT2D eigenvalue weighted by Gasteiger charge is 2.04. The molecule has 1 atom stereocenters. The van der Waals surface area contributed by atoms with Gasteiger partial charge in [-0.15, -0.1) is 6.58 Å². The summed E-state index contributed by atoms with van der Waals surface area (Å²) in [6.45, 7) is 11.1. The number of allylic oxidation sites excluding steroid dienone is 1. The van der Waals surface area contributed by atoms with E-state index in [0.717, 1.165) is 12.2 Å². The molecule has 0 aliphatic heterocycles. The predicted octanol–water partition coefficient (Wildman–Crippen LogP) is 1.21. The van der Waals surface area contributed by atoms with Crippen molar-refractivity contribution in [2.24, 2.45) is 11.7 Å². The molecule has 0 spiro atoms. The molecule has 0 amide bonds. The van der Waals surface area contributed by atoms with E-state index in [9.17, 15) is 0 Å². The van der Waals surface area contributed by atoms with Crippen LogP contribution in [-0.2, 0) is 0 Å². The van der Waals surface area contributed by atoms with Gasteiger partial charge in [-0.2, -0.15) is 0 Å². The summed E-state index contributed by atoms with van der Waals surface area (Å²) in [5.74, 6) is 0.372. The summed E-state index contributed by atoms with van der Waals surface area (Å²) in [5, 5.41) is 0. The zero-order chi connectivity index (χ0) is 8.85. The van der Waals surface area contributed by atoms with Crippen molar-refractivity contribution in [3.05, 3.63) is 24.9 Å². The van der Waals surface area contributed by atoms with Crippen molar-refractivity contribution < 1.29 is 0 Å². The Morgan fingerprint density at radius 2 is 2.27 bits per heavy atom. The van der Waals surface area contributed by atoms with Crippen molar-refractivity contribution in [3.63, 3.8) is 0 Å². The monoisotopic (exact) mass is 154 g/mol. The summed E-state index contributed by atoms with van der Waals surface area (Å²) in [4.78, 5) is 2.08. The highest BCUT2D eigenvalue weighted by atomic mass is 15.1. The first kappa shape index (κ1) is 10.2. The summed E-state index contributed by atoms with van der Waals surface area (Å²) in [5.41, 5.74) is 6.56. The Hall–Kier alpha value is -0.760. The largest absolute Gasteiger partial charge is 0.378 e. The van der Waals surface area contributed by atoms with Crippen LogP contribution in [0.15, 0.2) is 24.9 Å². The highest BCUT2D eigenvalue weighted by molar-refractivity contribution is 4.90. The SMILES string of the molecule is C=C[C@@H](CN)CN(C)C(=C)C. The quantitative estimate of drug-likeness (QED) is 0.603. The Balaban J connectivity index is 3.80. The summed E-state index contributed by atoms with van der Waals surface area (Å²) in [6.07, 6.45) is 1.89. The maximum atomic E-state index is 5.50. The lowest BCUT2D eigenvalue weighted by Gasteiger charge is -2.22. The first-order chi connectivity index (χ1) is 5.11. The smallest absolute Gasteiger partial charge is 0.0246 e. The molecule has 11 heavy (non-hydrogen) atoms. The van der Waals surface area contributed by atoms with E-state index in [1.54, 1.807) is 0 Å². The maximum absolute atomic E-state index is 5.50. The fraction of sp³-hybridized carbons (Fsp3) is 0.556. The molecule has 0 unspecified atom stereocenters. The van der Waals surface area contributed by atoms with Gasteiger partial charge in [0.25, 0.3) is 0 Å². The zero-order valence-corrected chi connectivity index (χ0v) is 7.51. The number of rotatable bonds is 5. The minimum atomic E-state index is 0.372. The summed E-state index contributed by atoms with van der Waals surface area (Å²) in [6, 6.07) is 0. The average molecular weight is 154 g/mol. The minimum absolute atomic E-state index is 0.372. The Morgan fingerprint density at radius 3 is 2.55 bits per heavy atom. The average Bonchev–Trinajstić information content (AvgIpc) is 1.99. The van der Waals surface area contributed by atoms with Crippen molar-refractivity contribution >= 4 is 0 Å². The number of hydrogen-bond donors (Lipinski definition) is 1. The van der Waals surface area contributed by atoms with E-state index in [0.29, 0.717) is 12.5 Å². The third-order valence-electron chi connectivity index (χ3n) is 1.80. The molecule has 0 aromatic heterocycles. The second-order valence-corrected chi connectivity index (χ2v) is 2.85. The van der Waals surface area contributed by atoms with Gasteiger partial charge in [0.15, 0.2) is 0 Å². The Morgan fingerprint density at radius 1 is 1.73 bits per heavy atom. The topological polar surface area (TPSA) is 29.3 Å². The van der Waals surface area contributed by atoms with Crippen LogP contribution in [0.4, 0.5) is 0 Å². The van der Waals surface area contributed by atoms with Crippen molar-refractivity contribution in [2.45, 2.75) is 6.92 Å². The third-order valence-corrected chi connectivity index (χ3v) is 1.80. The fourth-order valence-corrected chi connectivity index (χ4v) is 0.753. The molecule has 0 aromatic rings. The van der Waals surface area contributed by atoms with Gasteiger partial charge in [-0.3, -0.25) is 0 Å². The minimum Gasteiger partial charge on any atom is -0.378 e. The van der Waals surface area contributed by atoms with Crippen LogP contribution >= 0.6 is 0 Å². The number of hydrogen-bond acceptors (Lipinski definition) is 2. The maximum Gasteiger partial charge on any atom is 0.0246 e. The van der Waals surface area contributed by atoms with Crippen LogP contribution in [0, 0.1) is 5.92 Å². The van der Waals surface area contributed by atoms with E-state index in [1.807, 2.05) is 20.0 Å². The molecule has 2 nitrogen and oxygen atoms in total. The van der Waals surface area contributed by atoms with Crippen molar-refractivity contribution in [2.75, 3.05) is 20.1 Å². The summed E-state index contributed by atoms with van der Waals surface area (Å²) in [7, 11) is 2.01. The van der Waals surface area contributed by atoms with Crippen LogP contribution in [0.2, 0.25) is 0 Å². The summed E-state index contributed by atoms with van der Waals surface area (Å²) < 4.78 is 0. The zero-order valence-electron chi connectivity index (χ0n) is 7.51. The third kappa shape index (κ3) is 3.83. The summed E-state index contributed by atoms with van der Waals surface area (Å²) >= 11 is 0. The molecule has 0 aliphatic carbocycles. The molecule has 0 rings (SSSR count). The Labute approximate surface area is 69.4 Å². The highest BCUT2D eigenvalue weighted by Crippen LogP contribution is 2.02. The lowest BCUT2D eigenvalue weighted by molar-refractivity contribution is 0.372. The van der Waals surface area contributed by atoms with Crippen LogP contribution in [0.5, 0.6) is 0 Å². The number of nitrogens with two attached hydrogens (primary N) is 1. The van der Waals surface area contributed by atoms with E-state index in [2.05, 4.69) is 18.1 Å². The number of nitrogens with zero attached hydrogens (tertiary/aromatic N) is 1. The van der Waals surface area contributed by atoms with Gasteiger partial charge < -0.3 is 10.6 Å². The fourth-order valence-electron chi connectivity index (χ4n) is 0.753. The van der Waals surface area contributed by atoms with E-state index in [4.69, 9.17) is 5.73 Å². The van der Waals surface area contributed by atoms with Crippen LogP contribution in [0.1, 0.15) is 6.92 Å². The van der Waals surface area contributed by atoms with Crippen molar-refractivity contribution in [1.29, 1.82) is 0 Å². The standard InChI is InChI=1S/C9H18N2/c1-5-9(6-10)7-11(4)8(2)3/h5,9H,1-2,6-7,10H2,3-4H3/t9-/m0/s1. The molecule has 0 saturated carbocycles. The molecule has 0 aliphatic rings. The van der Waals surface area contributed by atoms with Crippen molar-refractivity contribution in [3.8, 4) is 0 Å². The van der Waals surface area contributed by atoms with Gasteiger partial charge in [-0.05, 0) is 6.92 Å². The van der Waals surface area contributed by atoms with E-state index >= 15 is 0 Å². The van der Waals surface area contributed by atoms with Gasteiger partial charge in [-0.25, -0.2) is 0 Å². The first-order valence-corrected chi connectivity index (χ1v) is 3.81. The second-order valence-electron chi connectivity index (χ2n) is 2.85. The van der Waals surface area contributed by atoms with Gasteiger partial charge in [0.1, 0.15) is 0 Å². The molecule has 0 bridgehead atoms. The molecule has 0 saturated heterocycles. The van der Waals surface area contributed by atoms with Crippen molar-refractivity contribution in [1.82, 2.24) is 4.90 Å². The van der Waals surface area contributed by atoms with Gasteiger partial charge in [-0.1, -0.05) is 12.7 Å². The molecule has 64 valence electrons. The lowest BCUT2D eigenvalue weighted by atomic mass is 10.1. The molecule has 0 aromatic carbocycles. The predicted molar refractivity (Wildman–Crippen MR) is 50.2 cm³/mol. The van der Waals surface area contributed by atoms with Gasteiger partial charge in [0.05, 0.1) is 0 Å². The van der Waals surface area contributed by atoms with Crippen LogP contribution < -0.4 is 5.73 Å². The second kappa shape index (κ2) is 4.97. The molecular formula is C9H18N2. The molecule has 2 N–H and O–H groups in total. The molecule has 0 heterocycles. The Kier molecular flexibility index (Phi) is 4.62. The normalized spacial score (nSPS) is 12.3. The first-order valence-electron chi connectivity index (χ1n) is 3.81. The van der Waals surface area contributed by atoms with Crippen LogP contribution in [0.25, 0.3) is 0 Å². The molecule has 2 heteroatoms. The van der Waals surface area contributed by atoms with E-state index in [-0.39, 0.29) is 0 Å². The van der Waals surface area contributed by atoms with Crippen LogP contribution in [0.3, 0.4) is 0 Å². The van der Waals surface area contributed by atoms with Gasteiger partial charge >= 0.3 is 0 Å². The lowest BCUT2D eigenvalue weighted by Crippen LogP contribution is -2.27. The van der Waals surface area contributed by atoms with Crippen LogP contribution in [-0.4, -0.2) is 25.0 Å². The molecular weight excluding hydrogens is 136 g/mol. The molecule has 0 fully saturated rings. The Bertz CT molecular complexity index is 140. The van der Waals surface area contributed by atoms with E-state index in [1.165, 1.54) is 0 Å². The van der Waals surface area contributed by atoms with Gasteiger partial charge in [0, 0.05) is 31.8 Å². The molecule has 0 radical (unpaired) electrons. The van der Waals surface area contributed by atoms with Gasteiger partial charge in [0.2, 0.25) is 0 Å².